The minimum atomic E-state index is -0.701. The van der Waals surface area contributed by atoms with E-state index in [1.807, 2.05) is 25.1 Å². The van der Waals surface area contributed by atoms with Crippen molar-refractivity contribution in [1.82, 2.24) is 0 Å². The zero-order valence-corrected chi connectivity index (χ0v) is 12.3. The molecule has 1 unspecified atom stereocenters. The van der Waals surface area contributed by atoms with Gasteiger partial charge in [-0.25, -0.2) is 0 Å². The second kappa shape index (κ2) is 5.02. The maximum atomic E-state index is 12.3. The molecule has 0 aliphatic heterocycles. The van der Waals surface area contributed by atoms with Crippen LogP contribution in [0.4, 0.5) is 0 Å². The van der Waals surface area contributed by atoms with E-state index >= 15 is 0 Å². The SMILES string of the molecule is COc1ccc(Br)cc1CC(=O)C(C)(N)C1CC1. The predicted molar refractivity (Wildman–Crippen MR) is 74.7 cm³/mol. The highest BCUT2D eigenvalue weighted by Crippen LogP contribution is 2.39. The van der Waals surface area contributed by atoms with Crippen molar-refractivity contribution >= 4 is 21.7 Å². The topological polar surface area (TPSA) is 52.3 Å². The van der Waals surface area contributed by atoms with Crippen LogP contribution < -0.4 is 10.5 Å². The number of methoxy groups -OCH3 is 1. The van der Waals surface area contributed by atoms with Gasteiger partial charge in [-0.3, -0.25) is 4.79 Å². The molecule has 1 aliphatic rings. The normalized spacial score (nSPS) is 18.2. The van der Waals surface area contributed by atoms with E-state index in [2.05, 4.69) is 15.9 Å². The zero-order valence-electron chi connectivity index (χ0n) is 10.7. The molecular weight excluding hydrogens is 294 g/mol. The van der Waals surface area contributed by atoms with E-state index in [0.29, 0.717) is 12.3 Å². The van der Waals surface area contributed by atoms with Crippen LogP contribution in [-0.4, -0.2) is 18.4 Å². The number of hydrogen-bond donors (Lipinski definition) is 1. The Morgan fingerprint density at radius 2 is 2.22 bits per heavy atom. The molecule has 1 aromatic carbocycles. The highest BCUT2D eigenvalue weighted by molar-refractivity contribution is 9.10. The van der Waals surface area contributed by atoms with E-state index in [-0.39, 0.29) is 5.78 Å². The molecule has 0 spiro atoms. The van der Waals surface area contributed by atoms with Crippen molar-refractivity contribution in [3.05, 3.63) is 28.2 Å². The summed E-state index contributed by atoms with van der Waals surface area (Å²) < 4.78 is 6.22. The van der Waals surface area contributed by atoms with Gasteiger partial charge >= 0.3 is 0 Å². The Morgan fingerprint density at radius 3 is 2.78 bits per heavy atom. The Hall–Kier alpha value is -0.870. The smallest absolute Gasteiger partial charge is 0.157 e. The largest absolute Gasteiger partial charge is 0.496 e. The summed E-state index contributed by atoms with van der Waals surface area (Å²) >= 11 is 3.41. The molecule has 2 rings (SSSR count). The van der Waals surface area contributed by atoms with Gasteiger partial charge in [0.15, 0.2) is 5.78 Å². The zero-order chi connectivity index (χ0) is 13.3. The van der Waals surface area contributed by atoms with Gasteiger partial charge in [-0.15, -0.1) is 0 Å². The first-order chi connectivity index (χ1) is 8.45. The van der Waals surface area contributed by atoms with Crippen LogP contribution in [0, 0.1) is 5.92 Å². The number of carbonyl (C=O) groups is 1. The highest BCUT2D eigenvalue weighted by atomic mass is 79.9. The van der Waals surface area contributed by atoms with Crippen molar-refractivity contribution in [3.63, 3.8) is 0 Å². The number of ether oxygens (including phenoxy) is 1. The molecule has 3 nitrogen and oxygen atoms in total. The van der Waals surface area contributed by atoms with Crippen LogP contribution in [0.15, 0.2) is 22.7 Å². The Morgan fingerprint density at radius 1 is 1.56 bits per heavy atom. The molecule has 18 heavy (non-hydrogen) atoms. The van der Waals surface area contributed by atoms with Gasteiger partial charge in [0.2, 0.25) is 0 Å². The number of halogens is 1. The van der Waals surface area contributed by atoms with Crippen LogP contribution >= 0.6 is 15.9 Å². The molecular formula is C14H18BrNO2. The maximum absolute atomic E-state index is 12.3. The van der Waals surface area contributed by atoms with Crippen molar-refractivity contribution in [1.29, 1.82) is 0 Å². The predicted octanol–water partition coefficient (Wildman–Crippen LogP) is 2.70. The molecule has 1 fully saturated rings. The number of nitrogens with two attached hydrogens (primary N) is 1. The van der Waals surface area contributed by atoms with Gasteiger partial charge in [0.25, 0.3) is 0 Å². The Labute approximate surface area is 116 Å². The fraction of sp³-hybridized carbons (Fsp3) is 0.500. The Kier molecular flexibility index (Phi) is 3.78. The molecule has 1 aliphatic carbocycles. The second-order valence-electron chi connectivity index (χ2n) is 5.11. The molecule has 98 valence electrons. The maximum Gasteiger partial charge on any atom is 0.157 e. The molecule has 1 saturated carbocycles. The first kappa shape index (κ1) is 13.6. The molecule has 4 heteroatoms. The third kappa shape index (κ3) is 2.75. The molecule has 0 bridgehead atoms. The molecule has 1 atom stereocenters. The van der Waals surface area contributed by atoms with Gasteiger partial charge in [-0.1, -0.05) is 15.9 Å². The van der Waals surface area contributed by atoms with E-state index < -0.39 is 5.54 Å². The van der Waals surface area contributed by atoms with Gasteiger partial charge in [0.1, 0.15) is 5.75 Å². The standard InChI is InChI=1S/C14H18BrNO2/c1-14(16,10-3-4-10)13(17)8-9-7-11(15)5-6-12(9)18-2/h5-7,10H,3-4,8,16H2,1-2H3. The van der Waals surface area contributed by atoms with Crippen molar-refractivity contribution in [3.8, 4) is 5.75 Å². The van der Waals surface area contributed by atoms with E-state index in [0.717, 1.165) is 28.6 Å². The molecule has 0 radical (unpaired) electrons. The number of benzene rings is 1. The summed E-state index contributed by atoms with van der Waals surface area (Å²) in [5.74, 6) is 1.17. The van der Waals surface area contributed by atoms with Crippen LogP contribution in [0.2, 0.25) is 0 Å². The van der Waals surface area contributed by atoms with Crippen LogP contribution in [0.25, 0.3) is 0 Å². The van der Waals surface area contributed by atoms with Gasteiger partial charge in [-0.2, -0.15) is 0 Å². The number of rotatable bonds is 5. The van der Waals surface area contributed by atoms with Crippen LogP contribution in [0.3, 0.4) is 0 Å². The van der Waals surface area contributed by atoms with E-state index in [1.165, 1.54) is 0 Å². The molecule has 2 N–H and O–H groups in total. The lowest BCUT2D eigenvalue weighted by molar-refractivity contribution is -0.123. The lowest BCUT2D eigenvalue weighted by atomic mass is 9.88. The van der Waals surface area contributed by atoms with Gasteiger partial charge in [0.05, 0.1) is 12.6 Å². The molecule has 0 saturated heterocycles. The van der Waals surface area contributed by atoms with E-state index in [4.69, 9.17) is 10.5 Å². The van der Waals surface area contributed by atoms with Crippen molar-refractivity contribution in [2.45, 2.75) is 31.7 Å². The summed E-state index contributed by atoms with van der Waals surface area (Å²) in [7, 11) is 1.61. The van der Waals surface area contributed by atoms with Gasteiger partial charge < -0.3 is 10.5 Å². The van der Waals surface area contributed by atoms with Crippen LogP contribution in [0.5, 0.6) is 5.75 Å². The number of Topliss-reactive ketones (excluding diaryl/α,β-unsaturated/α-hetero) is 1. The average Bonchev–Trinajstić information content (AvgIpc) is 3.13. The lowest BCUT2D eigenvalue weighted by Crippen LogP contribution is -2.47. The third-order valence-electron chi connectivity index (χ3n) is 3.62. The van der Waals surface area contributed by atoms with Crippen LogP contribution in [-0.2, 0) is 11.2 Å². The first-order valence-corrected chi connectivity index (χ1v) is 6.89. The summed E-state index contributed by atoms with van der Waals surface area (Å²) in [5.41, 5.74) is 6.32. The van der Waals surface area contributed by atoms with E-state index in [1.54, 1.807) is 7.11 Å². The number of carbonyl (C=O) groups excluding carboxylic acids is 1. The summed E-state index contributed by atoms with van der Waals surface area (Å²) in [5, 5.41) is 0. The highest BCUT2D eigenvalue weighted by Gasteiger charge is 2.43. The van der Waals surface area contributed by atoms with Crippen LogP contribution in [0.1, 0.15) is 25.3 Å². The molecule has 1 aromatic rings. The Balaban J connectivity index is 2.18. The minimum Gasteiger partial charge on any atom is -0.496 e. The number of ketones is 1. The third-order valence-corrected chi connectivity index (χ3v) is 4.11. The van der Waals surface area contributed by atoms with Crippen molar-refractivity contribution in [2.24, 2.45) is 11.7 Å². The molecule has 0 heterocycles. The average molecular weight is 312 g/mol. The fourth-order valence-electron chi connectivity index (χ4n) is 2.16. The summed E-state index contributed by atoms with van der Waals surface area (Å²) in [6.07, 6.45) is 2.45. The second-order valence-corrected chi connectivity index (χ2v) is 6.03. The first-order valence-electron chi connectivity index (χ1n) is 6.09. The van der Waals surface area contributed by atoms with E-state index in [9.17, 15) is 4.79 Å². The summed E-state index contributed by atoms with van der Waals surface area (Å²) in [4.78, 5) is 12.3. The molecule has 0 aromatic heterocycles. The monoisotopic (exact) mass is 311 g/mol. The molecule has 0 amide bonds. The van der Waals surface area contributed by atoms with Gasteiger partial charge in [-0.05, 0) is 43.9 Å². The summed E-state index contributed by atoms with van der Waals surface area (Å²) in [6.45, 7) is 1.84. The quantitative estimate of drug-likeness (QED) is 0.909. The summed E-state index contributed by atoms with van der Waals surface area (Å²) in [6, 6.07) is 5.67. The number of hydrogen-bond acceptors (Lipinski definition) is 3. The van der Waals surface area contributed by atoms with Crippen molar-refractivity contribution in [2.75, 3.05) is 7.11 Å². The lowest BCUT2D eigenvalue weighted by Gasteiger charge is -2.23. The fourth-order valence-corrected chi connectivity index (χ4v) is 2.57. The van der Waals surface area contributed by atoms with Gasteiger partial charge in [0, 0.05) is 16.5 Å². The van der Waals surface area contributed by atoms with Crippen molar-refractivity contribution < 1.29 is 9.53 Å². The Bertz CT molecular complexity index is 467. The minimum absolute atomic E-state index is 0.0846.